The predicted molar refractivity (Wildman–Crippen MR) is 116 cm³/mol. The van der Waals surface area contributed by atoms with Crippen LogP contribution >= 0.6 is 0 Å². The topological polar surface area (TPSA) is 42.9 Å². The highest BCUT2D eigenvalue weighted by atomic mass is 19.1. The van der Waals surface area contributed by atoms with Crippen LogP contribution in [-0.4, -0.2) is 68.6 Å². The number of likely N-dealkylation sites (tertiary alicyclic amines) is 1. The average molecular weight is 410 g/mol. The molecule has 1 fully saturated rings. The maximum Gasteiger partial charge on any atom is 0.191 e. The maximum absolute atomic E-state index is 14.3. The number of aliphatic imine (C=N–C) groups is 1. The Labute approximate surface area is 174 Å². The van der Waals surface area contributed by atoms with Crippen LogP contribution in [0.2, 0.25) is 0 Å². The van der Waals surface area contributed by atoms with Gasteiger partial charge in [0, 0.05) is 31.2 Å². The third kappa shape index (κ3) is 7.23. The van der Waals surface area contributed by atoms with Gasteiger partial charge in [0.25, 0.3) is 0 Å². The molecule has 2 rings (SSSR count). The molecule has 1 aliphatic heterocycles. The van der Waals surface area contributed by atoms with Crippen LogP contribution in [0, 0.1) is 11.6 Å². The van der Waals surface area contributed by atoms with Crippen LogP contribution in [0.4, 0.5) is 8.78 Å². The van der Waals surface area contributed by atoms with Crippen molar-refractivity contribution < 1.29 is 8.78 Å². The number of halogens is 2. The van der Waals surface area contributed by atoms with E-state index in [9.17, 15) is 8.78 Å². The predicted octanol–water partition coefficient (Wildman–Crippen LogP) is 3.39. The molecular formula is C22H37F2N5. The molecule has 29 heavy (non-hydrogen) atoms. The standard InChI is InChI=1S/C22H37F2N5/c1-5-7-13-29-14-11-17(12-15-29)27-22(25-6-2)26-16-20(28(3)4)21-18(23)9-8-10-19(21)24/h8-10,17,20H,5-7,11-16H2,1-4H3,(H2,25,26,27). The lowest BCUT2D eigenvalue weighted by Crippen LogP contribution is -2.49. The molecule has 0 saturated carbocycles. The van der Waals surface area contributed by atoms with E-state index in [2.05, 4.69) is 27.4 Å². The second kappa shape index (κ2) is 12.1. The van der Waals surface area contributed by atoms with Crippen molar-refractivity contribution in [2.45, 2.75) is 51.6 Å². The molecule has 0 aliphatic carbocycles. The smallest absolute Gasteiger partial charge is 0.191 e. The average Bonchev–Trinajstić information content (AvgIpc) is 2.69. The molecule has 0 spiro atoms. The Hall–Kier alpha value is -1.73. The first kappa shape index (κ1) is 23.5. The SMILES string of the molecule is CCCCN1CCC(NC(=NCC(c2c(F)cccc2F)N(C)C)NCC)CC1. The Morgan fingerprint density at radius 3 is 2.41 bits per heavy atom. The summed E-state index contributed by atoms with van der Waals surface area (Å²) >= 11 is 0. The fraction of sp³-hybridized carbons (Fsp3) is 0.682. The number of benzene rings is 1. The first-order valence-electron chi connectivity index (χ1n) is 10.8. The number of nitrogens with zero attached hydrogens (tertiary/aromatic N) is 3. The zero-order valence-electron chi connectivity index (χ0n) is 18.3. The van der Waals surface area contributed by atoms with E-state index in [1.54, 1.807) is 4.90 Å². The number of guanidine groups is 1. The zero-order valence-corrected chi connectivity index (χ0v) is 18.3. The Morgan fingerprint density at radius 2 is 1.86 bits per heavy atom. The molecule has 1 heterocycles. The van der Waals surface area contributed by atoms with Crippen molar-refractivity contribution in [2.24, 2.45) is 4.99 Å². The third-order valence-electron chi connectivity index (χ3n) is 5.48. The first-order valence-corrected chi connectivity index (χ1v) is 10.8. The Morgan fingerprint density at radius 1 is 1.21 bits per heavy atom. The van der Waals surface area contributed by atoms with Crippen molar-refractivity contribution in [3.05, 3.63) is 35.4 Å². The first-order chi connectivity index (χ1) is 14.0. The van der Waals surface area contributed by atoms with E-state index in [4.69, 9.17) is 0 Å². The fourth-order valence-electron chi connectivity index (χ4n) is 3.72. The highest BCUT2D eigenvalue weighted by Gasteiger charge is 2.23. The van der Waals surface area contributed by atoms with Crippen LogP contribution in [0.3, 0.4) is 0 Å². The largest absolute Gasteiger partial charge is 0.357 e. The number of likely N-dealkylation sites (N-methyl/N-ethyl adjacent to an activating group) is 1. The van der Waals surface area contributed by atoms with E-state index in [1.165, 1.54) is 37.6 Å². The Bertz CT molecular complexity index is 622. The molecule has 1 saturated heterocycles. The normalized spacial score (nSPS) is 17.6. The highest BCUT2D eigenvalue weighted by Crippen LogP contribution is 2.24. The van der Waals surface area contributed by atoms with Gasteiger partial charge in [-0.1, -0.05) is 19.4 Å². The van der Waals surface area contributed by atoms with Crippen LogP contribution < -0.4 is 10.6 Å². The van der Waals surface area contributed by atoms with Gasteiger partial charge < -0.3 is 20.4 Å². The molecular weight excluding hydrogens is 372 g/mol. The van der Waals surface area contributed by atoms with Gasteiger partial charge in [-0.15, -0.1) is 0 Å². The van der Waals surface area contributed by atoms with Crippen molar-refractivity contribution in [3.63, 3.8) is 0 Å². The molecule has 0 amide bonds. The van der Waals surface area contributed by atoms with E-state index in [-0.39, 0.29) is 12.1 Å². The van der Waals surface area contributed by atoms with Crippen LogP contribution in [0.25, 0.3) is 0 Å². The minimum absolute atomic E-state index is 0.0707. The molecule has 1 aromatic rings. The van der Waals surface area contributed by atoms with Crippen molar-refractivity contribution >= 4 is 5.96 Å². The molecule has 1 aliphatic rings. The Kier molecular flexibility index (Phi) is 9.81. The number of nitrogens with one attached hydrogen (secondary N) is 2. The van der Waals surface area contributed by atoms with Crippen LogP contribution in [0.1, 0.15) is 51.1 Å². The van der Waals surface area contributed by atoms with Gasteiger partial charge in [-0.2, -0.15) is 0 Å². The van der Waals surface area contributed by atoms with Gasteiger partial charge in [0.1, 0.15) is 11.6 Å². The van der Waals surface area contributed by atoms with Gasteiger partial charge in [0.15, 0.2) is 5.96 Å². The molecule has 1 atom stereocenters. The number of piperidine rings is 1. The van der Waals surface area contributed by atoms with Crippen LogP contribution in [0.5, 0.6) is 0 Å². The lowest BCUT2D eigenvalue weighted by Gasteiger charge is -2.33. The van der Waals surface area contributed by atoms with E-state index in [0.717, 1.165) is 32.5 Å². The summed E-state index contributed by atoms with van der Waals surface area (Å²) in [4.78, 5) is 8.99. The van der Waals surface area contributed by atoms with E-state index in [1.807, 2.05) is 21.0 Å². The molecule has 5 nitrogen and oxygen atoms in total. The highest BCUT2D eigenvalue weighted by molar-refractivity contribution is 5.80. The summed E-state index contributed by atoms with van der Waals surface area (Å²) in [6.45, 7) is 8.62. The fourth-order valence-corrected chi connectivity index (χ4v) is 3.72. The van der Waals surface area contributed by atoms with Crippen molar-refractivity contribution in [3.8, 4) is 0 Å². The van der Waals surface area contributed by atoms with Gasteiger partial charge in [0.05, 0.1) is 12.6 Å². The molecule has 2 N–H and O–H groups in total. The minimum atomic E-state index is -0.531. The van der Waals surface area contributed by atoms with E-state index < -0.39 is 17.7 Å². The zero-order chi connectivity index (χ0) is 21.2. The quantitative estimate of drug-likeness (QED) is 0.485. The van der Waals surface area contributed by atoms with Crippen LogP contribution in [-0.2, 0) is 0 Å². The van der Waals surface area contributed by atoms with Gasteiger partial charge in [-0.25, -0.2) is 8.78 Å². The van der Waals surface area contributed by atoms with E-state index in [0.29, 0.717) is 12.0 Å². The summed E-state index contributed by atoms with van der Waals surface area (Å²) in [6, 6.07) is 3.89. The van der Waals surface area contributed by atoms with Gasteiger partial charge in [-0.05, 0) is 59.0 Å². The molecule has 7 heteroatoms. The number of rotatable bonds is 9. The molecule has 0 bridgehead atoms. The number of hydrogen-bond donors (Lipinski definition) is 2. The van der Waals surface area contributed by atoms with Crippen molar-refractivity contribution in [1.82, 2.24) is 20.4 Å². The van der Waals surface area contributed by atoms with Crippen molar-refractivity contribution in [1.29, 1.82) is 0 Å². The van der Waals surface area contributed by atoms with Gasteiger partial charge in [-0.3, -0.25) is 4.99 Å². The molecule has 164 valence electrons. The number of unbranched alkanes of at least 4 members (excludes halogenated alkanes) is 1. The molecule has 1 unspecified atom stereocenters. The second-order valence-corrected chi connectivity index (χ2v) is 7.95. The van der Waals surface area contributed by atoms with Crippen LogP contribution in [0.15, 0.2) is 23.2 Å². The third-order valence-corrected chi connectivity index (χ3v) is 5.48. The van der Waals surface area contributed by atoms with E-state index >= 15 is 0 Å². The monoisotopic (exact) mass is 409 g/mol. The summed E-state index contributed by atoms with van der Waals surface area (Å²) in [7, 11) is 3.64. The molecule has 0 aromatic heterocycles. The molecule has 0 radical (unpaired) electrons. The lowest BCUT2D eigenvalue weighted by molar-refractivity contribution is 0.203. The summed E-state index contributed by atoms with van der Waals surface area (Å²) in [5, 5.41) is 6.78. The minimum Gasteiger partial charge on any atom is -0.357 e. The summed E-state index contributed by atoms with van der Waals surface area (Å²) in [6.07, 6.45) is 4.63. The summed E-state index contributed by atoms with van der Waals surface area (Å²) in [5.74, 6) is -0.351. The van der Waals surface area contributed by atoms with Gasteiger partial charge in [0.2, 0.25) is 0 Å². The second-order valence-electron chi connectivity index (χ2n) is 7.95. The summed E-state index contributed by atoms with van der Waals surface area (Å²) in [5.41, 5.74) is 0.0707. The summed E-state index contributed by atoms with van der Waals surface area (Å²) < 4.78 is 28.6. The lowest BCUT2D eigenvalue weighted by atomic mass is 10.0. The Balaban J connectivity index is 2.02. The van der Waals surface area contributed by atoms with Gasteiger partial charge >= 0.3 is 0 Å². The molecule has 1 aromatic carbocycles. The van der Waals surface area contributed by atoms with Crippen molar-refractivity contribution in [2.75, 3.05) is 46.8 Å². The number of hydrogen-bond acceptors (Lipinski definition) is 3. The maximum atomic E-state index is 14.3.